The molecule has 0 bridgehead atoms. The maximum absolute atomic E-state index is 10.4. The summed E-state index contributed by atoms with van der Waals surface area (Å²) in [6.45, 7) is 0. The summed E-state index contributed by atoms with van der Waals surface area (Å²) >= 11 is 0. The molecule has 0 spiro atoms. The van der Waals surface area contributed by atoms with Crippen LogP contribution in [0.2, 0.25) is 0 Å². The molecule has 1 atom stereocenters. The van der Waals surface area contributed by atoms with Gasteiger partial charge in [0.05, 0.1) is 0 Å². The van der Waals surface area contributed by atoms with E-state index in [4.69, 9.17) is 15.9 Å². The van der Waals surface area contributed by atoms with Gasteiger partial charge < -0.3 is 20.7 Å². The summed E-state index contributed by atoms with van der Waals surface area (Å²) in [6, 6.07) is 5.42. The maximum Gasteiger partial charge on any atom is 0.320 e. The van der Waals surface area contributed by atoms with Crippen molar-refractivity contribution in [2.45, 2.75) is 12.5 Å². The van der Waals surface area contributed by atoms with Gasteiger partial charge in [0.25, 0.3) is 0 Å². The second-order valence-electron chi connectivity index (χ2n) is 3.22. The number of aromatic hydroxyl groups is 1. The zero-order chi connectivity index (χ0) is 12.6. The highest BCUT2D eigenvalue weighted by Gasteiger charge is 2.11. The first-order chi connectivity index (χ1) is 7.51. The Bertz CT molecular complexity index is 310. The summed E-state index contributed by atoms with van der Waals surface area (Å²) in [7, 11) is 3.25. The van der Waals surface area contributed by atoms with E-state index in [1.54, 1.807) is 26.4 Å². The second-order valence-corrected chi connectivity index (χ2v) is 3.22. The van der Waals surface area contributed by atoms with Crippen LogP contribution < -0.4 is 5.73 Å². The lowest BCUT2D eigenvalue weighted by atomic mass is 10.1. The van der Waals surface area contributed by atoms with E-state index in [9.17, 15) is 4.79 Å². The average Bonchev–Trinajstić information content (AvgIpc) is 2.22. The van der Waals surface area contributed by atoms with E-state index in [2.05, 4.69) is 4.74 Å². The van der Waals surface area contributed by atoms with Crippen LogP contribution in [0, 0.1) is 0 Å². The molecule has 0 saturated carbocycles. The molecule has 5 heteroatoms. The van der Waals surface area contributed by atoms with Crippen molar-refractivity contribution in [1.29, 1.82) is 0 Å². The number of phenols is 1. The fraction of sp³-hybridized carbons (Fsp3) is 0.364. The van der Waals surface area contributed by atoms with Gasteiger partial charge in [-0.2, -0.15) is 0 Å². The molecule has 1 unspecified atom stereocenters. The number of phenolic OH excluding ortho intramolecular Hbond substituents is 1. The Hall–Kier alpha value is -1.59. The van der Waals surface area contributed by atoms with Crippen LogP contribution in [0.5, 0.6) is 5.75 Å². The van der Waals surface area contributed by atoms with Crippen LogP contribution in [0.3, 0.4) is 0 Å². The SMILES string of the molecule is COC.NC(Cc1ccc(O)cc1)C(=O)O. The van der Waals surface area contributed by atoms with Crippen LogP contribution in [0.25, 0.3) is 0 Å². The van der Waals surface area contributed by atoms with Crippen LogP contribution in [0.1, 0.15) is 5.56 Å². The molecule has 16 heavy (non-hydrogen) atoms. The minimum absolute atomic E-state index is 0.160. The van der Waals surface area contributed by atoms with Gasteiger partial charge in [0.1, 0.15) is 11.8 Å². The smallest absolute Gasteiger partial charge is 0.320 e. The molecule has 0 aliphatic heterocycles. The molecular formula is C11H17NO4. The molecule has 4 N–H and O–H groups in total. The average molecular weight is 227 g/mol. The van der Waals surface area contributed by atoms with Crippen molar-refractivity contribution < 1.29 is 19.7 Å². The molecule has 0 radical (unpaired) electrons. The molecule has 0 aliphatic carbocycles. The molecule has 1 aromatic rings. The summed E-state index contributed by atoms with van der Waals surface area (Å²) < 4.78 is 4.25. The molecule has 1 rings (SSSR count). The topological polar surface area (TPSA) is 92.8 Å². The second kappa shape index (κ2) is 7.67. The van der Waals surface area contributed by atoms with Crippen molar-refractivity contribution in [1.82, 2.24) is 0 Å². The van der Waals surface area contributed by atoms with Crippen LogP contribution in [0.15, 0.2) is 24.3 Å². The van der Waals surface area contributed by atoms with Crippen molar-refractivity contribution >= 4 is 5.97 Å². The van der Waals surface area contributed by atoms with Crippen LogP contribution in [-0.2, 0) is 16.0 Å². The Morgan fingerprint density at radius 3 is 2.19 bits per heavy atom. The van der Waals surface area contributed by atoms with Gasteiger partial charge >= 0.3 is 5.97 Å². The third kappa shape index (κ3) is 6.00. The number of hydrogen-bond acceptors (Lipinski definition) is 4. The van der Waals surface area contributed by atoms with Gasteiger partial charge in [-0.3, -0.25) is 4.79 Å². The molecule has 0 aliphatic rings. The Balaban J connectivity index is 0.000000673. The third-order valence-electron chi connectivity index (χ3n) is 1.71. The molecule has 0 saturated heterocycles. The largest absolute Gasteiger partial charge is 0.508 e. The van der Waals surface area contributed by atoms with Crippen LogP contribution in [-0.4, -0.2) is 36.4 Å². The van der Waals surface area contributed by atoms with E-state index in [1.165, 1.54) is 12.1 Å². The van der Waals surface area contributed by atoms with Gasteiger partial charge in [0, 0.05) is 14.2 Å². The first-order valence-electron chi connectivity index (χ1n) is 4.67. The van der Waals surface area contributed by atoms with Gasteiger partial charge in [0.2, 0.25) is 0 Å². The van der Waals surface area contributed by atoms with E-state index >= 15 is 0 Å². The van der Waals surface area contributed by atoms with Gasteiger partial charge in [0.15, 0.2) is 0 Å². The predicted molar refractivity (Wildman–Crippen MR) is 60.4 cm³/mol. The molecule has 0 fully saturated rings. The van der Waals surface area contributed by atoms with E-state index in [0.29, 0.717) is 0 Å². The first-order valence-corrected chi connectivity index (χ1v) is 4.67. The van der Waals surface area contributed by atoms with Gasteiger partial charge in [-0.1, -0.05) is 12.1 Å². The van der Waals surface area contributed by atoms with Gasteiger partial charge in [-0.25, -0.2) is 0 Å². The number of benzene rings is 1. The normalized spacial score (nSPS) is 11.2. The van der Waals surface area contributed by atoms with Gasteiger partial charge in [-0.15, -0.1) is 0 Å². The van der Waals surface area contributed by atoms with Crippen molar-refractivity contribution in [3.05, 3.63) is 29.8 Å². The molecular weight excluding hydrogens is 210 g/mol. The predicted octanol–water partition coefficient (Wildman–Crippen LogP) is 0.609. The molecule has 0 amide bonds. The van der Waals surface area contributed by atoms with Crippen molar-refractivity contribution in [3.63, 3.8) is 0 Å². The van der Waals surface area contributed by atoms with Crippen molar-refractivity contribution in [2.24, 2.45) is 5.73 Å². The van der Waals surface area contributed by atoms with E-state index in [1.807, 2.05) is 0 Å². The zero-order valence-corrected chi connectivity index (χ0v) is 9.38. The minimum Gasteiger partial charge on any atom is -0.508 e. The highest BCUT2D eigenvalue weighted by atomic mass is 16.4. The van der Waals surface area contributed by atoms with Crippen molar-refractivity contribution in [3.8, 4) is 5.75 Å². The molecule has 5 nitrogen and oxygen atoms in total. The van der Waals surface area contributed by atoms with Crippen LogP contribution in [0.4, 0.5) is 0 Å². The first kappa shape index (κ1) is 14.4. The fourth-order valence-electron chi connectivity index (χ4n) is 0.973. The van der Waals surface area contributed by atoms with Gasteiger partial charge in [-0.05, 0) is 24.1 Å². The Kier molecular flexibility index (Phi) is 6.91. The van der Waals surface area contributed by atoms with E-state index in [-0.39, 0.29) is 12.2 Å². The third-order valence-corrected chi connectivity index (χ3v) is 1.71. The molecule has 0 heterocycles. The van der Waals surface area contributed by atoms with Crippen LogP contribution >= 0.6 is 0 Å². The Labute approximate surface area is 94.5 Å². The number of hydrogen-bond donors (Lipinski definition) is 3. The molecule has 0 aromatic heterocycles. The summed E-state index contributed by atoms with van der Waals surface area (Å²) in [6.07, 6.45) is 0.273. The number of ether oxygens (including phenoxy) is 1. The minimum atomic E-state index is -1.02. The highest BCUT2D eigenvalue weighted by Crippen LogP contribution is 2.10. The van der Waals surface area contributed by atoms with E-state index in [0.717, 1.165) is 5.56 Å². The number of carbonyl (C=O) groups is 1. The zero-order valence-electron chi connectivity index (χ0n) is 9.38. The number of methoxy groups -OCH3 is 1. The summed E-state index contributed by atoms with van der Waals surface area (Å²) in [5, 5.41) is 17.5. The quantitative estimate of drug-likeness (QED) is 0.703. The maximum atomic E-state index is 10.4. The standard InChI is InChI=1S/C9H11NO3.C2H6O/c10-8(9(12)13)5-6-1-3-7(11)4-2-6;1-3-2/h1-4,8,11H,5,10H2,(H,12,13);1-2H3. The number of nitrogens with two attached hydrogens (primary N) is 1. The fourth-order valence-corrected chi connectivity index (χ4v) is 0.973. The van der Waals surface area contributed by atoms with Crippen molar-refractivity contribution in [2.75, 3.05) is 14.2 Å². The Morgan fingerprint density at radius 2 is 1.81 bits per heavy atom. The molecule has 1 aromatic carbocycles. The Morgan fingerprint density at radius 1 is 1.38 bits per heavy atom. The lowest BCUT2D eigenvalue weighted by Crippen LogP contribution is -2.32. The highest BCUT2D eigenvalue weighted by molar-refractivity contribution is 5.73. The summed E-state index contributed by atoms with van der Waals surface area (Å²) in [5.74, 6) is -0.860. The monoisotopic (exact) mass is 227 g/mol. The number of carboxylic acid groups (broad SMARTS) is 1. The number of carboxylic acids is 1. The van der Waals surface area contributed by atoms with E-state index < -0.39 is 12.0 Å². The number of aliphatic carboxylic acids is 1. The number of rotatable bonds is 3. The lowest BCUT2D eigenvalue weighted by molar-refractivity contribution is -0.138. The summed E-state index contributed by atoms with van der Waals surface area (Å²) in [5.41, 5.74) is 6.12. The lowest BCUT2D eigenvalue weighted by Gasteiger charge is -2.05. The molecule has 90 valence electrons. The summed E-state index contributed by atoms with van der Waals surface area (Å²) in [4.78, 5) is 10.4.